The molecule has 2 aromatic rings. The van der Waals surface area contributed by atoms with E-state index in [4.69, 9.17) is 0 Å². The van der Waals surface area contributed by atoms with Crippen molar-refractivity contribution in [3.8, 4) is 11.5 Å². The van der Waals surface area contributed by atoms with Gasteiger partial charge in [-0.3, -0.25) is 9.48 Å². The number of halogens is 1. The SMILES string of the molecule is CC(C)c1nc(-c2ccnn2C)[nH]c(=O)c1I. The fourth-order valence-corrected chi connectivity index (χ4v) is 2.46. The molecule has 2 aromatic heterocycles. The molecule has 0 spiro atoms. The summed E-state index contributed by atoms with van der Waals surface area (Å²) < 4.78 is 2.35. The van der Waals surface area contributed by atoms with Crippen LogP contribution < -0.4 is 5.56 Å². The number of aromatic amines is 1. The maximum absolute atomic E-state index is 11.8. The molecule has 0 unspecified atom stereocenters. The quantitative estimate of drug-likeness (QED) is 0.847. The number of hydrogen-bond acceptors (Lipinski definition) is 3. The predicted octanol–water partition coefficient (Wildman–Crippen LogP) is 1.90. The normalized spacial score (nSPS) is 11.1. The molecule has 6 heteroatoms. The Bertz CT molecular complexity index is 600. The lowest BCUT2D eigenvalue weighted by Crippen LogP contribution is -2.17. The fraction of sp³-hybridized carbons (Fsp3) is 0.364. The van der Waals surface area contributed by atoms with Gasteiger partial charge in [-0.2, -0.15) is 5.10 Å². The molecule has 5 nitrogen and oxygen atoms in total. The van der Waals surface area contributed by atoms with Gasteiger partial charge in [0.25, 0.3) is 5.56 Å². The summed E-state index contributed by atoms with van der Waals surface area (Å²) in [5, 5.41) is 4.07. The lowest BCUT2D eigenvalue weighted by molar-refractivity contribution is 0.758. The highest BCUT2D eigenvalue weighted by molar-refractivity contribution is 14.1. The van der Waals surface area contributed by atoms with Gasteiger partial charge in [-0.15, -0.1) is 0 Å². The van der Waals surface area contributed by atoms with E-state index in [0.717, 1.165) is 11.4 Å². The number of rotatable bonds is 2. The van der Waals surface area contributed by atoms with Crippen LogP contribution in [0.25, 0.3) is 11.5 Å². The van der Waals surface area contributed by atoms with E-state index < -0.39 is 0 Å². The Morgan fingerprint density at radius 1 is 1.47 bits per heavy atom. The van der Waals surface area contributed by atoms with Crippen molar-refractivity contribution < 1.29 is 0 Å². The Hall–Kier alpha value is -1.18. The van der Waals surface area contributed by atoms with E-state index in [9.17, 15) is 4.79 Å². The van der Waals surface area contributed by atoms with Crippen molar-refractivity contribution in [3.05, 3.63) is 31.9 Å². The molecule has 90 valence electrons. The minimum absolute atomic E-state index is 0.0968. The third kappa shape index (κ3) is 2.26. The second-order valence-electron chi connectivity index (χ2n) is 4.11. The molecule has 0 aliphatic rings. The van der Waals surface area contributed by atoms with Gasteiger partial charge in [0.05, 0.1) is 9.26 Å². The fourth-order valence-electron chi connectivity index (χ4n) is 1.59. The first-order valence-corrected chi connectivity index (χ1v) is 6.36. The van der Waals surface area contributed by atoms with E-state index in [1.165, 1.54) is 0 Å². The van der Waals surface area contributed by atoms with Crippen LogP contribution in [0.1, 0.15) is 25.5 Å². The Balaban J connectivity index is 2.66. The second kappa shape index (κ2) is 4.59. The first-order chi connectivity index (χ1) is 8.00. The Labute approximate surface area is 112 Å². The van der Waals surface area contributed by atoms with Gasteiger partial charge in [0.15, 0.2) is 5.82 Å². The zero-order chi connectivity index (χ0) is 12.6. The number of nitrogens with one attached hydrogen (secondary N) is 1. The highest BCUT2D eigenvalue weighted by Gasteiger charge is 2.14. The molecule has 0 aliphatic carbocycles. The lowest BCUT2D eigenvalue weighted by Gasteiger charge is -2.09. The summed E-state index contributed by atoms with van der Waals surface area (Å²) in [5.41, 5.74) is 1.53. The molecule has 17 heavy (non-hydrogen) atoms. The summed E-state index contributed by atoms with van der Waals surface area (Å²) in [6.07, 6.45) is 1.68. The van der Waals surface area contributed by atoms with Gasteiger partial charge in [-0.1, -0.05) is 13.8 Å². The minimum Gasteiger partial charge on any atom is -0.304 e. The van der Waals surface area contributed by atoms with E-state index in [1.54, 1.807) is 10.9 Å². The van der Waals surface area contributed by atoms with E-state index in [1.807, 2.05) is 49.6 Å². The third-order valence-corrected chi connectivity index (χ3v) is 3.54. The third-order valence-electron chi connectivity index (χ3n) is 2.50. The van der Waals surface area contributed by atoms with E-state index in [2.05, 4.69) is 15.1 Å². The van der Waals surface area contributed by atoms with Crippen molar-refractivity contribution >= 4 is 22.6 Å². The van der Waals surface area contributed by atoms with E-state index >= 15 is 0 Å². The van der Waals surface area contributed by atoms with Gasteiger partial charge in [0, 0.05) is 13.2 Å². The highest BCUT2D eigenvalue weighted by atomic mass is 127. The molecule has 2 rings (SSSR count). The van der Waals surface area contributed by atoms with Crippen LogP contribution in [0.15, 0.2) is 17.1 Å². The summed E-state index contributed by atoms with van der Waals surface area (Å²) >= 11 is 2.03. The van der Waals surface area contributed by atoms with Crippen molar-refractivity contribution in [1.29, 1.82) is 0 Å². The van der Waals surface area contributed by atoms with Crippen LogP contribution in [0, 0.1) is 3.57 Å². The van der Waals surface area contributed by atoms with Crippen LogP contribution in [0.3, 0.4) is 0 Å². The number of hydrogen-bond donors (Lipinski definition) is 1. The molecule has 0 bridgehead atoms. The van der Waals surface area contributed by atoms with E-state index in [0.29, 0.717) is 9.39 Å². The number of aromatic nitrogens is 4. The summed E-state index contributed by atoms with van der Waals surface area (Å²) in [6, 6.07) is 1.83. The maximum Gasteiger partial charge on any atom is 0.264 e. The lowest BCUT2D eigenvalue weighted by atomic mass is 10.1. The van der Waals surface area contributed by atoms with Gasteiger partial charge in [-0.05, 0) is 34.6 Å². The topological polar surface area (TPSA) is 63.6 Å². The number of H-pyrrole nitrogens is 1. The minimum atomic E-state index is -0.0968. The van der Waals surface area contributed by atoms with Crippen LogP contribution in [0.4, 0.5) is 0 Å². The highest BCUT2D eigenvalue weighted by Crippen LogP contribution is 2.19. The number of aryl methyl sites for hydroxylation is 1. The standard InChI is InChI=1S/C11H13IN4O/c1-6(2)9-8(12)11(17)15-10(14-9)7-4-5-13-16(7)3/h4-6H,1-3H3,(H,14,15,17). The Morgan fingerprint density at radius 3 is 2.71 bits per heavy atom. The first kappa shape index (κ1) is 12.3. The molecule has 0 atom stereocenters. The molecule has 0 saturated heterocycles. The van der Waals surface area contributed by atoms with Crippen LogP contribution in [0.5, 0.6) is 0 Å². The van der Waals surface area contributed by atoms with Crippen molar-refractivity contribution in [2.24, 2.45) is 7.05 Å². The van der Waals surface area contributed by atoms with Crippen molar-refractivity contribution in [3.63, 3.8) is 0 Å². The first-order valence-electron chi connectivity index (χ1n) is 5.28. The van der Waals surface area contributed by atoms with Crippen LogP contribution in [-0.2, 0) is 7.05 Å². The zero-order valence-electron chi connectivity index (χ0n) is 9.86. The average molecular weight is 344 g/mol. The van der Waals surface area contributed by atoms with E-state index in [-0.39, 0.29) is 11.5 Å². The maximum atomic E-state index is 11.8. The smallest absolute Gasteiger partial charge is 0.264 e. The van der Waals surface area contributed by atoms with Gasteiger partial charge in [0.1, 0.15) is 5.69 Å². The molecular weight excluding hydrogens is 331 g/mol. The molecule has 0 amide bonds. The molecule has 0 radical (unpaired) electrons. The number of nitrogens with zero attached hydrogens (tertiary/aromatic N) is 3. The summed E-state index contributed by atoms with van der Waals surface area (Å²) in [7, 11) is 1.82. The Morgan fingerprint density at radius 2 is 2.18 bits per heavy atom. The molecule has 0 aliphatic heterocycles. The largest absolute Gasteiger partial charge is 0.304 e. The molecular formula is C11H13IN4O. The van der Waals surface area contributed by atoms with Crippen LogP contribution in [-0.4, -0.2) is 19.7 Å². The summed E-state index contributed by atoms with van der Waals surface area (Å²) in [5.74, 6) is 0.787. The van der Waals surface area contributed by atoms with Gasteiger partial charge in [-0.25, -0.2) is 4.98 Å². The summed E-state index contributed by atoms with van der Waals surface area (Å²) in [4.78, 5) is 19.1. The van der Waals surface area contributed by atoms with Gasteiger partial charge < -0.3 is 4.98 Å². The van der Waals surface area contributed by atoms with Gasteiger partial charge in [0.2, 0.25) is 0 Å². The molecule has 0 saturated carbocycles. The Kier molecular flexibility index (Phi) is 3.32. The van der Waals surface area contributed by atoms with Crippen molar-refractivity contribution in [1.82, 2.24) is 19.7 Å². The molecule has 2 heterocycles. The molecule has 1 N–H and O–H groups in total. The summed E-state index contributed by atoms with van der Waals surface area (Å²) in [6.45, 7) is 4.05. The zero-order valence-corrected chi connectivity index (χ0v) is 12.0. The van der Waals surface area contributed by atoms with Gasteiger partial charge >= 0.3 is 0 Å². The van der Waals surface area contributed by atoms with Crippen molar-refractivity contribution in [2.45, 2.75) is 19.8 Å². The van der Waals surface area contributed by atoms with Crippen LogP contribution >= 0.6 is 22.6 Å². The monoisotopic (exact) mass is 344 g/mol. The van der Waals surface area contributed by atoms with Crippen LogP contribution in [0.2, 0.25) is 0 Å². The average Bonchev–Trinajstić information content (AvgIpc) is 2.68. The van der Waals surface area contributed by atoms with Crippen molar-refractivity contribution in [2.75, 3.05) is 0 Å². The molecule has 0 fully saturated rings. The molecule has 0 aromatic carbocycles. The predicted molar refractivity (Wildman–Crippen MR) is 73.9 cm³/mol. The second-order valence-corrected chi connectivity index (χ2v) is 5.19.